The van der Waals surface area contributed by atoms with Gasteiger partial charge in [-0.1, -0.05) is 43.0 Å². The summed E-state index contributed by atoms with van der Waals surface area (Å²) in [6, 6.07) is 5.40. The number of benzene rings is 1. The molecule has 2 rings (SSSR count). The van der Waals surface area contributed by atoms with E-state index in [1.165, 1.54) is 19.3 Å². The average molecular weight is 318 g/mol. The standard InChI is InChI=1S/C16H19ClO3.Na/c17-14-10-12(15(18)8-9-16(19)20)6-7-13(14)11-4-2-1-3-5-11;/h6-7,10-11H,1-5,8-9H2,(H,19,20);/q;+1. The van der Waals surface area contributed by atoms with E-state index in [0.717, 1.165) is 18.4 Å². The van der Waals surface area contributed by atoms with Crippen molar-refractivity contribution in [3.8, 4) is 0 Å². The Hall–Kier alpha value is -0.350. The Bertz CT molecular complexity index is 510. The minimum Gasteiger partial charge on any atom is -0.481 e. The van der Waals surface area contributed by atoms with Gasteiger partial charge in [0, 0.05) is 17.0 Å². The van der Waals surface area contributed by atoms with Crippen LogP contribution < -0.4 is 29.6 Å². The van der Waals surface area contributed by atoms with E-state index in [4.69, 9.17) is 16.7 Å². The summed E-state index contributed by atoms with van der Waals surface area (Å²) < 4.78 is 0. The molecule has 1 aliphatic rings. The molecule has 0 bridgehead atoms. The fourth-order valence-electron chi connectivity index (χ4n) is 2.81. The molecule has 3 nitrogen and oxygen atoms in total. The maximum atomic E-state index is 11.9. The molecule has 0 aliphatic heterocycles. The zero-order valence-electron chi connectivity index (χ0n) is 12.4. The third-order valence-corrected chi connectivity index (χ3v) is 4.26. The Kier molecular flexibility index (Phi) is 7.96. The molecule has 0 unspecified atom stereocenters. The van der Waals surface area contributed by atoms with Gasteiger partial charge in [-0.05, 0) is 30.4 Å². The first-order valence-corrected chi connectivity index (χ1v) is 7.50. The summed E-state index contributed by atoms with van der Waals surface area (Å²) in [4.78, 5) is 22.4. The Morgan fingerprint density at radius 3 is 2.38 bits per heavy atom. The van der Waals surface area contributed by atoms with E-state index in [-0.39, 0.29) is 48.2 Å². The third kappa shape index (κ3) is 5.41. The van der Waals surface area contributed by atoms with E-state index in [0.29, 0.717) is 16.5 Å². The maximum absolute atomic E-state index is 11.9. The molecule has 108 valence electrons. The first-order valence-electron chi connectivity index (χ1n) is 7.12. The van der Waals surface area contributed by atoms with Gasteiger partial charge in [0.15, 0.2) is 5.78 Å². The first-order chi connectivity index (χ1) is 9.58. The van der Waals surface area contributed by atoms with Gasteiger partial charge in [0.1, 0.15) is 0 Å². The normalized spacial score (nSPS) is 15.3. The fourth-order valence-corrected chi connectivity index (χ4v) is 3.14. The average Bonchev–Trinajstić information content (AvgIpc) is 2.45. The monoisotopic (exact) mass is 317 g/mol. The van der Waals surface area contributed by atoms with Gasteiger partial charge >= 0.3 is 35.5 Å². The van der Waals surface area contributed by atoms with Crippen molar-refractivity contribution in [3.05, 3.63) is 34.3 Å². The van der Waals surface area contributed by atoms with Crippen molar-refractivity contribution in [2.75, 3.05) is 0 Å². The summed E-state index contributed by atoms with van der Waals surface area (Å²) in [5.41, 5.74) is 1.64. The van der Waals surface area contributed by atoms with Gasteiger partial charge in [0.2, 0.25) is 0 Å². The zero-order chi connectivity index (χ0) is 14.5. The molecular formula is C16H19ClNaO3+. The van der Waals surface area contributed by atoms with Gasteiger partial charge in [-0.25, -0.2) is 0 Å². The topological polar surface area (TPSA) is 54.4 Å². The summed E-state index contributed by atoms with van der Waals surface area (Å²) in [7, 11) is 0. The van der Waals surface area contributed by atoms with Gasteiger partial charge in [0.25, 0.3) is 0 Å². The number of hydrogen-bond acceptors (Lipinski definition) is 2. The molecule has 1 aliphatic carbocycles. The number of rotatable bonds is 5. The van der Waals surface area contributed by atoms with E-state index in [9.17, 15) is 9.59 Å². The number of Topliss-reactive ketones (excluding diaryl/α,β-unsaturated/α-hetero) is 1. The molecule has 1 saturated carbocycles. The maximum Gasteiger partial charge on any atom is 1.00 e. The largest absolute Gasteiger partial charge is 1.00 e. The second-order valence-corrected chi connectivity index (χ2v) is 5.80. The van der Waals surface area contributed by atoms with Crippen LogP contribution in [0.15, 0.2) is 18.2 Å². The molecule has 1 aromatic carbocycles. The van der Waals surface area contributed by atoms with Crippen LogP contribution in [0, 0.1) is 0 Å². The molecule has 1 fully saturated rings. The second-order valence-electron chi connectivity index (χ2n) is 5.39. The zero-order valence-corrected chi connectivity index (χ0v) is 15.2. The predicted octanol–water partition coefficient (Wildman–Crippen LogP) is 1.44. The van der Waals surface area contributed by atoms with Crippen molar-refractivity contribution in [3.63, 3.8) is 0 Å². The van der Waals surface area contributed by atoms with Crippen LogP contribution in [0.4, 0.5) is 0 Å². The van der Waals surface area contributed by atoms with Crippen molar-refractivity contribution in [1.29, 1.82) is 0 Å². The van der Waals surface area contributed by atoms with Crippen molar-refractivity contribution in [2.24, 2.45) is 0 Å². The molecule has 0 saturated heterocycles. The molecule has 5 heteroatoms. The second kappa shape index (κ2) is 8.94. The van der Waals surface area contributed by atoms with Crippen LogP contribution in [0.5, 0.6) is 0 Å². The van der Waals surface area contributed by atoms with Crippen LogP contribution >= 0.6 is 11.6 Å². The quantitative estimate of drug-likeness (QED) is 0.660. The Balaban J connectivity index is 0.00000220. The molecule has 0 heterocycles. The molecule has 0 radical (unpaired) electrons. The van der Waals surface area contributed by atoms with E-state index >= 15 is 0 Å². The third-order valence-electron chi connectivity index (χ3n) is 3.93. The minimum absolute atomic E-state index is 0. The molecular weight excluding hydrogens is 299 g/mol. The number of carboxylic acids is 1. The minimum atomic E-state index is -0.955. The molecule has 1 N–H and O–H groups in total. The molecule has 21 heavy (non-hydrogen) atoms. The SMILES string of the molecule is O=C(O)CCC(=O)c1ccc(C2CCCCC2)c(Cl)c1.[Na+]. The fraction of sp³-hybridized carbons (Fsp3) is 0.500. The van der Waals surface area contributed by atoms with Crippen molar-refractivity contribution >= 4 is 23.4 Å². The summed E-state index contributed by atoms with van der Waals surface area (Å²) in [5.74, 6) is -0.618. The summed E-state index contributed by atoms with van der Waals surface area (Å²) in [5, 5.41) is 9.24. The van der Waals surface area contributed by atoms with Crippen LogP contribution in [-0.2, 0) is 4.79 Å². The van der Waals surface area contributed by atoms with Crippen LogP contribution in [-0.4, -0.2) is 16.9 Å². The van der Waals surface area contributed by atoms with E-state index in [2.05, 4.69) is 0 Å². The Morgan fingerprint density at radius 1 is 1.14 bits per heavy atom. The number of aliphatic carboxylic acids is 1. The van der Waals surface area contributed by atoms with Gasteiger partial charge in [-0.15, -0.1) is 0 Å². The van der Waals surface area contributed by atoms with E-state index in [1.54, 1.807) is 12.1 Å². The van der Waals surface area contributed by atoms with Crippen LogP contribution in [0.25, 0.3) is 0 Å². The van der Waals surface area contributed by atoms with Crippen LogP contribution in [0.3, 0.4) is 0 Å². The Labute approximate surface area is 152 Å². The van der Waals surface area contributed by atoms with E-state index in [1.807, 2.05) is 6.07 Å². The van der Waals surface area contributed by atoms with Crippen LogP contribution in [0.2, 0.25) is 5.02 Å². The van der Waals surface area contributed by atoms with Gasteiger partial charge in [-0.3, -0.25) is 9.59 Å². The van der Waals surface area contributed by atoms with Gasteiger partial charge in [-0.2, -0.15) is 0 Å². The molecule has 0 spiro atoms. The summed E-state index contributed by atoms with van der Waals surface area (Å²) in [6.45, 7) is 0. The van der Waals surface area contributed by atoms with Crippen molar-refractivity contribution in [2.45, 2.75) is 50.9 Å². The van der Waals surface area contributed by atoms with E-state index < -0.39 is 5.97 Å². The van der Waals surface area contributed by atoms with Gasteiger partial charge < -0.3 is 5.11 Å². The Morgan fingerprint density at radius 2 is 1.81 bits per heavy atom. The predicted molar refractivity (Wildman–Crippen MR) is 78.5 cm³/mol. The van der Waals surface area contributed by atoms with Crippen molar-refractivity contribution in [1.82, 2.24) is 0 Å². The number of carbonyl (C=O) groups excluding carboxylic acids is 1. The van der Waals surface area contributed by atoms with Gasteiger partial charge in [0.05, 0.1) is 6.42 Å². The molecule has 0 aromatic heterocycles. The smallest absolute Gasteiger partial charge is 0.481 e. The molecule has 1 aromatic rings. The first kappa shape index (κ1) is 18.7. The molecule has 0 atom stereocenters. The number of halogens is 1. The summed E-state index contributed by atoms with van der Waals surface area (Å²) >= 11 is 6.30. The number of ketones is 1. The summed E-state index contributed by atoms with van der Waals surface area (Å²) in [6.07, 6.45) is 5.97. The van der Waals surface area contributed by atoms with Crippen LogP contribution in [0.1, 0.15) is 66.8 Å². The number of carboxylic acid groups (broad SMARTS) is 1. The molecule has 0 amide bonds. The van der Waals surface area contributed by atoms with Crippen molar-refractivity contribution < 1.29 is 44.3 Å². The number of hydrogen-bond donors (Lipinski definition) is 1. The number of carbonyl (C=O) groups is 2.